The van der Waals surface area contributed by atoms with E-state index < -0.39 is 11.6 Å². The van der Waals surface area contributed by atoms with Crippen LogP contribution in [0.5, 0.6) is 0 Å². The molecule has 2 aliphatic carbocycles. The third-order valence-electron chi connectivity index (χ3n) is 8.59. The molecular formula is C25H38O8. The van der Waals surface area contributed by atoms with E-state index in [1.54, 1.807) is 0 Å². The summed E-state index contributed by atoms with van der Waals surface area (Å²) < 4.78 is 44.3. The highest BCUT2D eigenvalue weighted by Crippen LogP contribution is 2.49. The van der Waals surface area contributed by atoms with Crippen molar-refractivity contribution in [3.8, 4) is 0 Å². The topological polar surface area (TPSA) is 81.7 Å². The van der Waals surface area contributed by atoms with Gasteiger partial charge >= 0.3 is 5.97 Å². The lowest BCUT2D eigenvalue weighted by Gasteiger charge is -2.47. The van der Waals surface area contributed by atoms with Crippen molar-refractivity contribution in [2.45, 2.75) is 138 Å². The van der Waals surface area contributed by atoms with Crippen molar-refractivity contribution < 1.29 is 38.0 Å². The molecule has 4 heterocycles. The van der Waals surface area contributed by atoms with Gasteiger partial charge in [-0.3, -0.25) is 4.79 Å². The van der Waals surface area contributed by atoms with Crippen molar-refractivity contribution in [3.63, 3.8) is 0 Å². The number of hydrogen-bond donors (Lipinski definition) is 0. The molecule has 0 N–H and O–H groups in total. The minimum atomic E-state index is -0.551. The fourth-order valence-electron chi connectivity index (χ4n) is 6.91. The molecule has 6 rings (SSSR count). The second kappa shape index (κ2) is 9.03. The highest BCUT2D eigenvalue weighted by atomic mass is 16.8. The van der Waals surface area contributed by atoms with Gasteiger partial charge in [0, 0.05) is 25.7 Å². The number of carbonyl (C=O) groups excluding carboxylic acids is 1. The van der Waals surface area contributed by atoms with E-state index in [9.17, 15) is 4.79 Å². The van der Waals surface area contributed by atoms with E-state index in [1.807, 2.05) is 0 Å². The van der Waals surface area contributed by atoms with Gasteiger partial charge in [0.05, 0.1) is 32.3 Å². The first-order valence-corrected chi connectivity index (χ1v) is 13.1. The monoisotopic (exact) mass is 466 g/mol. The standard InChI is InChI=1S/C25H38O8/c1-27-19(26)14-16-8-9-17-20(29-16)22-23(33-25(32-22)12-6-3-7-13-25)21(30-17)18-15-28-24(31-18)10-4-2-5-11-24/h16-18,20-23H,2-15H2,1H3/t16-,17+,18+,20+,21?,22+,23-/m1/s1. The number of ether oxygens (including phenoxy) is 7. The van der Waals surface area contributed by atoms with E-state index in [4.69, 9.17) is 33.2 Å². The van der Waals surface area contributed by atoms with E-state index in [1.165, 1.54) is 20.0 Å². The minimum absolute atomic E-state index is 0.0982. The first-order chi connectivity index (χ1) is 16.1. The molecular weight excluding hydrogens is 428 g/mol. The Kier molecular flexibility index (Phi) is 6.20. The summed E-state index contributed by atoms with van der Waals surface area (Å²) in [6.07, 6.45) is 11.1. The number of methoxy groups -OCH3 is 1. The summed E-state index contributed by atoms with van der Waals surface area (Å²) in [5, 5.41) is 0. The molecule has 8 heteroatoms. The second-order valence-electron chi connectivity index (χ2n) is 10.8. The predicted octanol–water partition coefficient (Wildman–Crippen LogP) is 3.38. The van der Waals surface area contributed by atoms with Crippen molar-refractivity contribution in [2.24, 2.45) is 0 Å². The molecule has 186 valence electrons. The average Bonchev–Trinajstić information content (AvgIpc) is 3.41. The zero-order chi connectivity index (χ0) is 22.5. The SMILES string of the molecule is COC(=O)C[C@H]1CC[C@@H]2OC([C@@H]3COC4(CCCCC4)O3)[C@H]3OC4(CCCCC4)O[C@H]3[C@H]2O1. The quantitative estimate of drug-likeness (QED) is 0.586. The number of fused-ring (bicyclic) bond motifs is 3. The van der Waals surface area contributed by atoms with Gasteiger partial charge in [0.2, 0.25) is 0 Å². The van der Waals surface area contributed by atoms with Gasteiger partial charge in [-0.1, -0.05) is 12.8 Å². The molecule has 2 spiro atoms. The van der Waals surface area contributed by atoms with E-state index in [2.05, 4.69) is 0 Å². The Morgan fingerprint density at radius 2 is 1.39 bits per heavy atom. The van der Waals surface area contributed by atoms with Gasteiger partial charge in [-0.15, -0.1) is 0 Å². The molecule has 6 fully saturated rings. The average molecular weight is 467 g/mol. The number of rotatable bonds is 3. The zero-order valence-electron chi connectivity index (χ0n) is 19.7. The lowest BCUT2D eigenvalue weighted by molar-refractivity contribution is -0.264. The van der Waals surface area contributed by atoms with Crippen molar-refractivity contribution in [3.05, 3.63) is 0 Å². The Morgan fingerprint density at radius 3 is 2.06 bits per heavy atom. The van der Waals surface area contributed by atoms with E-state index in [-0.39, 0.29) is 55.1 Å². The molecule has 7 atom stereocenters. The number of carbonyl (C=O) groups is 1. The van der Waals surface area contributed by atoms with Crippen LogP contribution in [0.1, 0.15) is 83.5 Å². The third-order valence-corrected chi connectivity index (χ3v) is 8.59. The molecule has 33 heavy (non-hydrogen) atoms. The first-order valence-electron chi connectivity index (χ1n) is 13.1. The van der Waals surface area contributed by atoms with Gasteiger partial charge in [-0.2, -0.15) is 0 Å². The van der Waals surface area contributed by atoms with E-state index in [0.717, 1.165) is 64.2 Å². The fraction of sp³-hybridized carbons (Fsp3) is 0.960. The molecule has 4 saturated heterocycles. The minimum Gasteiger partial charge on any atom is -0.469 e. The van der Waals surface area contributed by atoms with Crippen molar-refractivity contribution in [2.75, 3.05) is 13.7 Å². The van der Waals surface area contributed by atoms with Crippen LogP contribution in [0.2, 0.25) is 0 Å². The molecule has 0 aromatic rings. The maximum absolute atomic E-state index is 11.9. The Balaban J connectivity index is 1.22. The molecule has 8 nitrogen and oxygen atoms in total. The zero-order valence-corrected chi connectivity index (χ0v) is 19.7. The molecule has 2 saturated carbocycles. The lowest BCUT2D eigenvalue weighted by Crippen LogP contribution is -2.62. The van der Waals surface area contributed by atoms with Crippen LogP contribution in [0.4, 0.5) is 0 Å². The Hall–Kier alpha value is -0.770. The maximum atomic E-state index is 11.9. The van der Waals surface area contributed by atoms with Gasteiger partial charge < -0.3 is 33.2 Å². The normalized spacial score (nSPS) is 43.8. The Bertz CT molecular complexity index is 715. The smallest absolute Gasteiger partial charge is 0.308 e. The van der Waals surface area contributed by atoms with Crippen LogP contribution in [0.25, 0.3) is 0 Å². The van der Waals surface area contributed by atoms with Gasteiger partial charge in [0.25, 0.3) is 0 Å². The highest BCUT2D eigenvalue weighted by molar-refractivity contribution is 5.69. The van der Waals surface area contributed by atoms with Crippen molar-refractivity contribution in [1.82, 2.24) is 0 Å². The molecule has 0 aromatic carbocycles. The van der Waals surface area contributed by atoms with Crippen molar-refractivity contribution >= 4 is 5.97 Å². The summed E-state index contributed by atoms with van der Waals surface area (Å²) in [6, 6.07) is 0. The van der Waals surface area contributed by atoms with Gasteiger partial charge in [-0.05, 0) is 38.5 Å². The van der Waals surface area contributed by atoms with Crippen LogP contribution in [0, 0.1) is 0 Å². The molecule has 1 unspecified atom stereocenters. The molecule has 0 radical (unpaired) electrons. The van der Waals surface area contributed by atoms with Crippen LogP contribution in [0.15, 0.2) is 0 Å². The van der Waals surface area contributed by atoms with E-state index >= 15 is 0 Å². The van der Waals surface area contributed by atoms with Gasteiger partial charge in [0.15, 0.2) is 11.6 Å². The number of esters is 1. The number of hydrogen-bond acceptors (Lipinski definition) is 8. The second-order valence-corrected chi connectivity index (χ2v) is 10.8. The molecule has 0 amide bonds. The predicted molar refractivity (Wildman–Crippen MR) is 115 cm³/mol. The largest absolute Gasteiger partial charge is 0.469 e. The van der Waals surface area contributed by atoms with Crippen LogP contribution < -0.4 is 0 Å². The Labute approximate surface area is 195 Å². The van der Waals surface area contributed by atoms with E-state index in [0.29, 0.717) is 6.61 Å². The summed E-state index contributed by atoms with van der Waals surface area (Å²) in [4.78, 5) is 11.9. The van der Waals surface area contributed by atoms with Crippen LogP contribution in [-0.4, -0.2) is 74.0 Å². The molecule has 0 aromatic heterocycles. The molecule has 0 bridgehead atoms. The van der Waals surface area contributed by atoms with Crippen LogP contribution in [0.3, 0.4) is 0 Å². The summed E-state index contributed by atoms with van der Waals surface area (Å²) in [6.45, 7) is 0.535. The third kappa shape index (κ3) is 4.25. The van der Waals surface area contributed by atoms with Crippen LogP contribution >= 0.6 is 0 Å². The van der Waals surface area contributed by atoms with Gasteiger partial charge in [0.1, 0.15) is 30.5 Å². The first kappa shape index (κ1) is 22.7. The van der Waals surface area contributed by atoms with Crippen molar-refractivity contribution in [1.29, 1.82) is 0 Å². The molecule has 4 aliphatic heterocycles. The lowest BCUT2D eigenvalue weighted by atomic mass is 9.87. The summed E-state index contributed by atoms with van der Waals surface area (Å²) in [5.41, 5.74) is 0. The maximum Gasteiger partial charge on any atom is 0.308 e. The Morgan fingerprint density at radius 1 is 0.758 bits per heavy atom. The van der Waals surface area contributed by atoms with Gasteiger partial charge in [-0.25, -0.2) is 0 Å². The van der Waals surface area contributed by atoms with Crippen LogP contribution in [-0.2, 0) is 38.0 Å². The summed E-state index contributed by atoms with van der Waals surface area (Å²) >= 11 is 0. The highest BCUT2D eigenvalue weighted by Gasteiger charge is 2.62. The fourth-order valence-corrected chi connectivity index (χ4v) is 6.91. The summed E-state index contributed by atoms with van der Waals surface area (Å²) in [5.74, 6) is -1.24. The summed E-state index contributed by atoms with van der Waals surface area (Å²) in [7, 11) is 1.42. The molecule has 6 aliphatic rings.